The smallest absolute Gasteiger partial charge is 0.251 e. The lowest BCUT2D eigenvalue weighted by Crippen LogP contribution is -2.30. The minimum Gasteiger partial charge on any atom is -0.491 e. The van der Waals surface area contributed by atoms with Crippen molar-refractivity contribution in [2.75, 3.05) is 17.2 Å². The fraction of sp³-hybridized carbons (Fsp3) is 0.333. The van der Waals surface area contributed by atoms with Gasteiger partial charge in [0.2, 0.25) is 5.91 Å². The maximum absolute atomic E-state index is 12.1. The quantitative estimate of drug-likeness (QED) is 0.663. The number of ether oxygens (including phenoxy) is 1. The number of nitrogens with one attached hydrogen (secondary N) is 3. The zero-order valence-corrected chi connectivity index (χ0v) is 16.2. The van der Waals surface area contributed by atoms with E-state index in [0.717, 1.165) is 11.4 Å². The predicted molar refractivity (Wildman–Crippen MR) is 108 cm³/mol. The zero-order valence-electron chi connectivity index (χ0n) is 16.2. The largest absolute Gasteiger partial charge is 0.491 e. The molecule has 0 aliphatic rings. The number of benzene rings is 2. The highest BCUT2D eigenvalue weighted by Crippen LogP contribution is 2.17. The standard InChI is InChI=1S/C21H27N3O3/c1-14(2)23-21(26)16-5-7-18(8-6-16)24-20(25)13-22-17-9-11-19(12-10-17)27-15(3)4/h5-12,14-15,22H,13H2,1-4H3,(H,23,26)(H,24,25). The van der Waals surface area contributed by atoms with E-state index in [9.17, 15) is 9.59 Å². The van der Waals surface area contributed by atoms with E-state index in [4.69, 9.17) is 4.74 Å². The van der Waals surface area contributed by atoms with Crippen LogP contribution < -0.4 is 20.7 Å². The molecule has 3 N–H and O–H groups in total. The van der Waals surface area contributed by atoms with Gasteiger partial charge in [0, 0.05) is 23.0 Å². The normalized spacial score (nSPS) is 10.6. The third-order valence-corrected chi connectivity index (χ3v) is 3.53. The molecular formula is C21H27N3O3. The molecular weight excluding hydrogens is 342 g/mol. The molecule has 144 valence electrons. The highest BCUT2D eigenvalue weighted by Gasteiger charge is 2.08. The number of rotatable bonds is 8. The van der Waals surface area contributed by atoms with Crippen LogP contribution in [0.3, 0.4) is 0 Å². The number of anilines is 2. The zero-order chi connectivity index (χ0) is 19.8. The second-order valence-electron chi connectivity index (χ2n) is 6.80. The Labute approximate surface area is 160 Å². The van der Waals surface area contributed by atoms with Crippen molar-refractivity contribution in [2.45, 2.75) is 39.8 Å². The molecule has 27 heavy (non-hydrogen) atoms. The molecule has 0 atom stereocenters. The number of carbonyl (C=O) groups excluding carboxylic acids is 2. The van der Waals surface area contributed by atoms with Gasteiger partial charge in [-0.3, -0.25) is 9.59 Å². The first-order chi connectivity index (χ1) is 12.8. The van der Waals surface area contributed by atoms with E-state index in [0.29, 0.717) is 11.3 Å². The Kier molecular flexibility index (Phi) is 7.23. The molecule has 0 aliphatic carbocycles. The Hall–Kier alpha value is -3.02. The summed E-state index contributed by atoms with van der Waals surface area (Å²) in [4.78, 5) is 24.0. The number of carbonyl (C=O) groups is 2. The maximum atomic E-state index is 12.1. The van der Waals surface area contributed by atoms with Gasteiger partial charge in [0.05, 0.1) is 12.6 Å². The number of hydrogen-bond donors (Lipinski definition) is 3. The van der Waals surface area contributed by atoms with Gasteiger partial charge < -0.3 is 20.7 Å². The van der Waals surface area contributed by atoms with Crippen molar-refractivity contribution in [3.8, 4) is 5.75 Å². The molecule has 6 nitrogen and oxygen atoms in total. The van der Waals surface area contributed by atoms with Gasteiger partial charge in [0.25, 0.3) is 5.91 Å². The van der Waals surface area contributed by atoms with Gasteiger partial charge in [0.1, 0.15) is 5.75 Å². The summed E-state index contributed by atoms with van der Waals surface area (Å²) in [6.07, 6.45) is 0.123. The number of amides is 2. The van der Waals surface area contributed by atoms with Crippen molar-refractivity contribution in [1.29, 1.82) is 0 Å². The lowest BCUT2D eigenvalue weighted by molar-refractivity contribution is -0.114. The molecule has 2 amide bonds. The first kappa shape index (κ1) is 20.3. The third kappa shape index (κ3) is 7.01. The average molecular weight is 369 g/mol. The summed E-state index contributed by atoms with van der Waals surface area (Å²) < 4.78 is 5.59. The lowest BCUT2D eigenvalue weighted by atomic mass is 10.2. The van der Waals surface area contributed by atoms with E-state index in [1.807, 2.05) is 52.0 Å². The molecule has 6 heteroatoms. The summed E-state index contributed by atoms with van der Waals surface area (Å²) in [6, 6.07) is 14.3. The Morgan fingerprint density at radius 3 is 2.04 bits per heavy atom. The first-order valence-corrected chi connectivity index (χ1v) is 9.05. The molecule has 0 radical (unpaired) electrons. The third-order valence-electron chi connectivity index (χ3n) is 3.53. The van der Waals surface area contributed by atoms with E-state index >= 15 is 0 Å². The molecule has 0 heterocycles. The van der Waals surface area contributed by atoms with Crippen LogP contribution in [-0.2, 0) is 4.79 Å². The minimum atomic E-state index is -0.170. The molecule has 0 saturated heterocycles. The Morgan fingerprint density at radius 2 is 1.48 bits per heavy atom. The Morgan fingerprint density at radius 1 is 0.889 bits per heavy atom. The molecule has 0 spiro atoms. The monoisotopic (exact) mass is 369 g/mol. The van der Waals surface area contributed by atoms with E-state index < -0.39 is 0 Å². The Bertz CT molecular complexity index is 753. The van der Waals surface area contributed by atoms with Crippen LogP contribution in [0.1, 0.15) is 38.1 Å². The van der Waals surface area contributed by atoms with Crippen LogP contribution in [0, 0.1) is 0 Å². The topological polar surface area (TPSA) is 79.5 Å². The molecule has 2 aromatic carbocycles. The molecule has 0 bridgehead atoms. The summed E-state index contributed by atoms with van der Waals surface area (Å²) in [7, 11) is 0. The van der Waals surface area contributed by atoms with Gasteiger partial charge in [-0.05, 0) is 76.2 Å². The van der Waals surface area contributed by atoms with E-state index in [-0.39, 0.29) is 30.5 Å². The van der Waals surface area contributed by atoms with Crippen LogP contribution in [0.2, 0.25) is 0 Å². The fourth-order valence-electron chi connectivity index (χ4n) is 2.36. The SMILES string of the molecule is CC(C)NC(=O)c1ccc(NC(=O)CNc2ccc(OC(C)C)cc2)cc1. The van der Waals surface area contributed by atoms with E-state index in [1.165, 1.54) is 0 Å². The van der Waals surface area contributed by atoms with Gasteiger partial charge in [0.15, 0.2) is 0 Å². The fourth-order valence-corrected chi connectivity index (χ4v) is 2.36. The Balaban J connectivity index is 1.82. The van der Waals surface area contributed by atoms with Crippen LogP contribution in [-0.4, -0.2) is 30.5 Å². The van der Waals surface area contributed by atoms with Crippen molar-refractivity contribution in [3.63, 3.8) is 0 Å². The summed E-state index contributed by atoms with van der Waals surface area (Å²) in [5, 5.41) is 8.69. The second-order valence-corrected chi connectivity index (χ2v) is 6.80. The summed E-state index contributed by atoms with van der Waals surface area (Å²) >= 11 is 0. The lowest BCUT2D eigenvalue weighted by Gasteiger charge is -2.11. The van der Waals surface area contributed by atoms with Crippen molar-refractivity contribution < 1.29 is 14.3 Å². The van der Waals surface area contributed by atoms with Crippen LogP contribution in [0.15, 0.2) is 48.5 Å². The summed E-state index contributed by atoms with van der Waals surface area (Å²) in [5.41, 5.74) is 2.04. The highest BCUT2D eigenvalue weighted by molar-refractivity contribution is 5.96. The van der Waals surface area contributed by atoms with Crippen LogP contribution in [0.5, 0.6) is 5.75 Å². The second kappa shape index (κ2) is 9.62. The highest BCUT2D eigenvalue weighted by atomic mass is 16.5. The maximum Gasteiger partial charge on any atom is 0.251 e. The van der Waals surface area contributed by atoms with Gasteiger partial charge in [-0.2, -0.15) is 0 Å². The molecule has 0 saturated carbocycles. The predicted octanol–water partition coefficient (Wildman–Crippen LogP) is 3.66. The van der Waals surface area contributed by atoms with Crippen molar-refractivity contribution in [3.05, 3.63) is 54.1 Å². The molecule has 0 unspecified atom stereocenters. The molecule has 2 aromatic rings. The van der Waals surface area contributed by atoms with Crippen molar-refractivity contribution in [2.24, 2.45) is 0 Å². The average Bonchev–Trinajstić information content (AvgIpc) is 2.60. The van der Waals surface area contributed by atoms with Crippen LogP contribution in [0.4, 0.5) is 11.4 Å². The number of hydrogen-bond acceptors (Lipinski definition) is 4. The summed E-state index contributed by atoms with van der Waals surface area (Å²) in [6.45, 7) is 7.90. The van der Waals surface area contributed by atoms with E-state index in [1.54, 1.807) is 24.3 Å². The van der Waals surface area contributed by atoms with Crippen LogP contribution in [0.25, 0.3) is 0 Å². The van der Waals surface area contributed by atoms with Gasteiger partial charge >= 0.3 is 0 Å². The summed E-state index contributed by atoms with van der Waals surface area (Å²) in [5.74, 6) is 0.493. The van der Waals surface area contributed by atoms with E-state index in [2.05, 4.69) is 16.0 Å². The molecule has 2 rings (SSSR count). The van der Waals surface area contributed by atoms with Gasteiger partial charge in [-0.25, -0.2) is 0 Å². The van der Waals surface area contributed by atoms with Gasteiger partial charge in [-0.1, -0.05) is 0 Å². The molecule has 0 fully saturated rings. The molecule has 0 aliphatic heterocycles. The first-order valence-electron chi connectivity index (χ1n) is 9.05. The van der Waals surface area contributed by atoms with Crippen molar-refractivity contribution >= 4 is 23.2 Å². The minimum absolute atomic E-state index is 0.0777. The molecule has 0 aromatic heterocycles. The van der Waals surface area contributed by atoms with Crippen molar-refractivity contribution in [1.82, 2.24) is 5.32 Å². The van der Waals surface area contributed by atoms with Crippen LogP contribution >= 0.6 is 0 Å². The van der Waals surface area contributed by atoms with Gasteiger partial charge in [-0.15, -0.1) is 0 Å².